The minimum absolute atomic E-state index is 0.217. The Morgan fingerprint density at radius 3 is 2.89 bits per heavy atom. The fourth-order valence-electron chi connectivity index (χ4n) is 2.74. The molecule has 1 aromatic carbocycles. The van der Waals surface area contributed by atoms with Gasteiger partial charge < -0.3 is 10.6 Å². The van der Waals surface area contributed by atoms with Gasteiger partial charge in [-0.25, -0.2) is 0 Å². The van der Waals surface area contributed by atoms with Crippen LogP contribution in [0.4, 0.5) is 5.69 Å². The van der Waals surface area contributed by atoms with Crippen LogP contribution in [-0.2, 0) is 6.42 Å². The molecule has 1 aliphatic heterocycles. The predicted octanol–water partition coefficient (Wildman–Crippen LogP) is 3.58. The third-order valence-corrected chi connectivity index (χ3v) is 4.29. The van der Waals surface area contributed by atoms with E-state index >= 15 is 0 Å². The first-order chi connectivity index (χ1) is 8.60. The molecule has 2 atom stereocenters. The fraction of sp³-hybridized carbons (Fsp3) is 0.600. The van der Waals surface area contributed by atoms with E-state index in [0.29, 0.717) is 0 Å². The number of rotatable bonds is 4. The van der Waals surface area contributed by atoms with Crippen molar-refractivity contribution >= 4 is 21.6 Å². The number of nitrogens with zero attached hydrogens (tertiary/aromatic N) is 1. The molecular weight excluding hydrogens is 288 g/mol. The predicted molar refractivity (Wildman–Crippen MR) is 82.1 cm³/mol. The molecular formula is C15H23BrN2. The van der Waals surface area contributed by atoms with Crippen LogP contribution in [0.25, 0.3) is 0 Å². The molecule has 100 valence electrons. The highest BCUT2D eigenvalue weighted by atomic mass is 79.9. The number of anilines is 1. The third-order valence-electron chi connectivity index (χ3n) is 3.79. The molecule has 1 fully saturated rings. The molecule has 2 nitrogen and oxygen atoms in total. The van der Waals surface area contributed by atoms with E-state index in [1.54, 1.807) is 0 Å². The highest BCUT2D eigenvalue weighted by molar-refractivity contribution is 9.10. The minimum atomic E-state index is 0.217. The van der Waals surface area contributed by atoms with Crippen LogP contribution in [0.5, 0.6) is 0 Å². The van der Waals surface area contributed by atoms with E-state index in [1.165, 1.54) is 37.2 Å². The van der Waals surface area contributed by atoms with Crippen LogP contribution >= 0.6 is 15.9 Å². The second-order valence-corrected chi connectivity index (χ2v) is 6.38. The van der Waals surface area contributed by atoms with Crippen LogP contribution < -0.4 is 10.6 Å². The van der Waals surface area contributed by atoms with Crippen molar-refractivity contribution in [3.8, 4) is 0 Å². The molecule has 2 unspecified atom stereocenters. The van der Waals surface area contributed by atoms with Crippen molar-refractivity contribution in [1.29, 1.82) is 0 Å². The molecule has 0 saturated carbocycles. The molecule has 0 radical (unpaired) electrons. The van der Waals surface area contributed by atoms with Crippen molar-refractivity contribution < 1.29 is 0 Å². The highest BCUT2D eigenvalue weighted by Gasteiger charge is 2.23. The molecule has 0 aliphatic carbocycles. The quantitative estimate of drug-likeness (QED) is 0.921. The van der Waals surface area contributed by atoms with Gasteiger partial charge in [0.15, 0.2) is 0 Å². The Hall–Kier alpha value is -0.540. The van der Waals surface area contributed by atoms with Gasteiger partial charge in [0.05, 0.1) is 0 Å². The third kappa shape index (κ3) is 3.27. The van der Waals surface area contributed by atoms with Gasteiger partial charge >= 0.3 is 0 Å². The summed E-state index contributed by atoms with van der Waals surface area (Å²) in [6, 6.07) is 6.79. The van der Waals surface area contributed by atoms with Gasteiger partial charge in [0.25, 0.3) is 0 Å². The maximum absolute atomic E-state index is 5.95. The standard InChI is InChI=1S/C15H23BrN2/c1-3-12-6-7-18(10-12)15-9-14(16)5-4-13(15)8-11(2)17/h4-5,9,11-12H,3,6-8,10,17H2,1-2H3. The van der Waals surface area contributed by atoms with Crippen LogP contribution in [0, 0.1) is 5.92 Å². The van der Waals surface area contributed by atoms with Crippen LogP contribution in [-0.4, -0.2) is 19.1 Å². The summed E-state index contributed by atoms with van der Waals surface area (Å²) in [4.78, 5) is 2.52. The lowest BCUT2D eigenvalue weighted by Crippen LogP contribution is -2.24. The lowest BCUT2D eigenvalue weighted by atomic mass is 10.0. The SMILES string of the molecule is CCC1CCN(c2cc(Br)ccc2CC(C)N)C1. The normalized spacial score (nSPS) is 21.3. The van der Waals surface area contributed by atoms with Crippen LogP contribution in [0.2, 0.25) is 0 Å². The second-order valence-electron chi connectivity index (χ2n) is 5.46. The summed E-state index contributed by atoms with van der Waals surface area (Å²) in [5.74, 6) is 0.854. The van der Waals surface area contributed by atoms with Crippen molar-refractivity contribution in [2.45, 2.75) is 39.2 Å². The molecule has 2 N–H and O–H groups in total. The Kier molecular flexibility index (Phi) is 4.68. The summed E-state index contributed by atoms with van der Waals surface area (Å²) in [7, 11) is 0. The largest absolute Gasteiger partial charge is 0.371 e. The average Bonchev–Trinajstić information content (AvgIpc) is 2.79. The molecule has 18 heavy (non-hydrogen) atoms. The van der Waals surface area contributed by atoms with Crippen molar-refractivity contribution in [2.75, 3.05) is 18.0 Å². The second kappa shape index (κ2) is 6.07. The molecule has 1 aliphatic rings. The van der Waals surface area contributed by atoms with Crippen molar-refractivity contribution in [3.63, 3.8) is 0 Å². The van der Waals surface area contributed by atoms with E-state index in [2.05, 4.69) is 52.9 Å². The van der Waals surface area contributed by atoms with Gasteiger partial charge in [-0.3, -0.25) is 0 Å². The Morgan fingerprint density at radius 1 is 1.50 bits per heavy atom. The number of nitrogens with two attached hydrogens (primary N) is 1. The zero-order valence-corrected chi connectivity index (χ0v) is 12.9. The first-order valence-electron chi connectivity index (χ1n) is 6.89. The van der Waals surface area contributed by atoms with E-state index < -0.39 is 0 Å². The van der Waals surface area contributed by atoms with Crippen LogP contribution in [0.1, 0.15) is 32.3 Å². The molecule has 0 aromatic heterocycles. The summed E-state index contributed by atoms with van der Waals surface area (Å²) >= 11 is 3.58. The van der Waals surface area contributed by atoms with Crippen molar-refractivity contribution in [2.24, 2.45) is 11.7 Å². The van der Waals surface area contributed by atoms with Gasteiger partial charge in [-0.05, 0) is 43.4 Å². The molecule has 1 heterocycles. The highest BCUT2D eigenvalue weighted by Crippen LogP contribution is 2.31. The van der Waals surface area contributed by atoms with E-state index in [9.17, 15) is 0 Å². The first-order valence-corrected chi connectivity index (χ1v) is 7.68. The van der Waals surface area contributed by atoms with Gasteiger partial charge in [-0.2, -0.15) is 0 Å². The topological polar surface area (TPSA) is 29.3 Å². The maximum atomic E-state index is 5.95. The maximum Gasteiger partial charge on any atom is 0.0410 e. The van der Waals surface area contributed by atoms with Gasteiger partial charge in [0.2, 0.25) is 0 Å². The summed E-state index contributed by atoms with van der Waals surface area (Å²) < 4.78 is 1.16. The van der Waals surface area contributed by atoms with Gasteiger partial charge in [-0.15, -0.1) is 0 Å². The number of hydrogen-bond donors (Lipinski definition) is 1. The molecule has 1 aromatic rings. The van der Waals surface area contributed by atoms with Gasteiger partial charge in [0.1, 0.15) is 0 Å². The summed E-state index contributed by atoms with van der Waals surface area (Å²) in [6.07, 6.45) is 3.56. The Balaban J connectivity index is 2.22. The molecule has 2 rings (SSSR count). The summed E-state index contributed by atoms with van der Waals surface area (Å²) in [5, 5.41) is 0. The van der Waals surface area contributed by atoms with E-state index in [4.69, 9.17) is 5.73 Å². The smallest absolute Gasteiger partial charge is 0.0410 e. The zero-order valence-electron chi connectivity index (χ0n) is 11.3. The van der Waals surface area contributed by atoms with Crippen LogP contribution in [0.15, 0.2) is 22.7 Å². The van der Waals surface area contributed by atoms with E-state index in [0.717, 1.165) is 16.8 Å². The van der Waals surface area contributed by atoms with Gasteiger partial charge in [0, 0.05) is 29.3 Å². The number of benzene rings is 1. The molecule has 0 bridgehead atoms. The molecule has 3 heteroatoms. The number of halogens is 1. The lowest BCUT2D eigenvalue weighted by Gasteiger charge is -2.23. The Morgan fingerprint density at radius 2 is 2.28 bits per heavy atom. The summed E-state index contributed by atoms with van der Waals surface area (Å²) in [6.45, 7) is 6.74. The van der Waals surface area contributed by atoms with Crippen molar-refractivity contribution in [1.82, 2.24) is 0 Å². The first kappa shape index (κ1) is 13.9. The monoisotopic (exact) mass is 310 g/mol. The Labute approximate surface area is 119 Å². The average molecular weight is 311 g/mol. The minimum Gasteiger partial charge on any atom is -0.371 e. The molecule has 1 saturated heterocycles. The van der Waals surface area contributed by atoms with Crippen molar-refractivity contribution in [3.05, 3.63) is 28.2 Å². The lowest BCUT2D eigenvalue weighted by molar-refractivity contribution is 0.569. The Bertz CT molecular complexity index is 403. The zero-order chi connectivity index (χ0) is 13.1. The van der Waals surface area contributed by atoms with E-state index in [-0.39, 0.29) is 6.04 Å². The van der Waals surface area contributed by atoms with Crippen LogP contribution in [0.3, 0.4) is 0 Å². The number of hydrogen-bond acceptors (Lipinski definition) is 2. The molecule has 0 amide bonds. The summed E-state index contributed by atoms with van der Waals surface area (Å²) in [5.41, 5.74) is 8.71. The molecule has 0 spiro atoms. The fourth-order valence-corrected chi connectivity index (χ4v) is 3.08. The van der Waals surface area contributed by atoms with E-state index in [1.807, 2.05) is 0 Å². The van der Waals surface area contributed by atoms with Gasteiger partial charge in [-0.1, -0.05) is 35.3 Å².